The molecule has 6 rings (SSSR count). The summed E-state index contributed by atoms with van der Waals surface area (Å²) in [6, 6.07) is 4.96. The van der Waals surface area contributed by atoms with Crippen molar-refractivity contribution in [3.8, 4) is 0 Å². The van der Waals surface area contributed by atoms with E-state index in [1.54, 1.807) is 18.2 Å². The van der Waals surface area contributed by atoms with E-state index in [1.807, 2.05) is 0 Å². The monoisotopic (exact) mass is 367 g/mol. The molecule has 0 radical (unpaired) electrons. The van der Waals surface area contributed by atoms with Crippen molar-refractivity contribution in [1.29, 1.82) is 0 Å². The van der Waals surface area contributed by atoms with Crippen molar-refractivity contribution >= 4 is 35.0 Å². The van der Waals surface area contributed by atoms with E-state index in [4.69, 9.17) is 32.7 Å². The lowest BCUT2D eigenvalue weighted by atomic mass is 9.58. The van der Waals surface area contributed by atoms with Crippen LogP contribution in [0, 0.1) is 23.7 Å². The molecule has 7 unspecified atom stereocenters. The maximum absolute atomic E-state index is 12.3. The van der Waals surface area contributed by atoms with Crippen LogP contribution in [0.1, 0.15) is 25.7 Å². The highest BCUT2D eigenvalue weighted by atomic mass is 35.5. The highest BCUT2D eigenvalue weighted by molar-refractivity contribution is 6.35. The second-order valence-corrected chi connectivity index (χ2v) is 8.45. The van der Waals surface area contributed by atoms with Gasteiger partial charge in [-0.3, -0.25) is 5.32 Å². The lowest BCUT2D eigenvalue weighted by Crippen LogP contribution is -2.49. The SMILES string of the molecule is O=C(Nc1cc(Cl)cc(Cl)c1)OC1CC2CCC1C1CC3OC3C21. The van der Waals surface area contributed by atoms with E-state index in [9.17, 15) is 4.79 Å². The summed E-state index contributed by atoms with van der Waals surface area (Å²) in [5.74, 6) is 2.53. The molecule has 5 aliphatic rings. The Balaban J connectivity index is 1.26. The van der Waals surface area contributed by atoms with Crippen LogP contribution in [0.3, 0.4) is 0 Å². The molecule has 24 heavy (non-hydrogen) atoms. The first kappa shape index (κ1) is 15.3. The molecule has 4 saturated carbocycles. The number of anilines is 1. The Morgan fingerprint density at radius 2 is 1.92 bits per heavy atom. The van der Waals surface area contributed by atoms with Crippen LogP contribution < -0.4 is 5.32 Å². The summed E-state index contributed by atoms with van der Waals surface area (Å²) in [5.41, 5.74) is 0.562. The lowest BCUT2D eigenvalue weighted by molar-refractivity contribution is -0.0851. The third-order valence-corrected chi connectivity index (χ3v) is 6.78. The largest absolute Gasteiger partial charge is 0.446 e. The standard InChI is InChI=1S/C18H19Cl2NO3/c19-9-4-10(20)6-11(5-9)21-18(22)24-14-3-8-1-2-12(14)13-7-15-17(23-15)16(8)13/h4-6,8,12-17H,1-3,7H2,(H,21,22). The maximum Gasteiger partial charge on any atom is 0.411 e. The Labute approximate surface area is 150 Å². The third-order valence-electron chi connectivity index (χ3n) is 6.35. The van der Waals surface area contributed by atoms with Gasteiger partial charge in [-0.2, -0.15) is 0 Å². The molecule has 1 saturated heterocycles. The zero-order valence-corrected chi connectivity index (χ0v) is 14.6. The van der Waals surface area contributed by atoms with Crippen molar-refractivity contribution in [2.24, 2.45) is 23.7 Å². The third kappa shape index (κ3) is 2.51. The van der Waals surface area contributed by atoms with Gasteiger partial charge in [0.2, 0.25) is 0 Å². The van der Waals surface area contributed by atoms with E-state index in [-0.39, 0.29) is 6.10 Å². The number of epoxide rings is 1. The number of amides is 1. The minimum absolute atomic E-state index is 0.0251. The predicted molar refractivity (Wildman–Crippen MR) is 91.4 cm³/mol. The fraction of sp³-hybridized carbons (Fsp3) is 0.611. The zero-order chi connectivity index (χ0) is 16.4. The van der Waals surface area contributed by atoms with Gasteiger partial charge in [0, 0.05) is 15.7 Å². The number of benzene rings is 1. The minimum atomic E-state index is -0.415. The molecule has 0 aromatic heterocycles. The summed E-state index contributed by atoms with van der Waals surface area (Å²) in [7, 11) is 0. The van der Waals surface area contributed by atoms with Crippen LogP contribution in [0.5, 0.6) is 0 Å². The molecule has 4 aliphatic carbocycles. The number of carbonyl (C=O) groups is 1. The molecule has 1 aromatic carbocycles. The van der Waals surface area contributed by atoms with Gasteiger partial charge in [0.05, 0.1) is 12.2 Å². The van der Waals surface area contributed by atoms with Gasteiger partial charge in [0.1, 0.15) is 6.10 Å². The average molecular weight is 368 g/mol. The van der Waals surface area contributed by atoms with E-state index in [0.29, 0.717) is 51.6 Å². The predicted octanol–water partition coefficient (Wildman–Crippen LogP) is 4.74. The normalized spacial score (nSPS) is 41.5. The van der Waals surface area contributed by atoms with E-state index in [2.05, 4.69) is 5.32 Å². The summed E-state index contributed by atoms with van der Waals surface area (Å²) in [5, 5.41) is 3.73. The van der Waals surface area contributed by atoms with Crippen molar-refractivity contribution in [3.05, 3.63) is 28.2 Å². The molecule has 0 spiro atoms. The van der Waals surface area contributed by atoms with Gasteiger partial charge in [-0.1, -0.05) is 23.2 Å². The first-order chi connectivity index (χ1) is 11.6. The van der Waals surface area contributed by atoms with Crippen molar-refractivity contribution in [2.45, 2.75) is 44.0 Å². The molecule has 6 heteroatoms. The van der Waals surface area contributed by atoms with Gasteiger partial charge >= 0.3 is 6.09 Å². The number of hydrogen-bond acceptors (Lipinski definition) is 3. The first-order valence-corrected chi connectivity index (χ1v) is 9.43. The number of nitrogens with one attached hydrogen (secondary N) is 1. The van der Waals surface area contributed by atoms with Crippen molar-refractivity contribution < 1.29 is 14.3 Å². The number of ether oxygens (including phenoxy) is 2. The first-order valence-electron chi connectivity index (χ1n) is 8.67. The van der Waals surface area contributed by atoms with Crippen LogP contribution >= 0.6 is 23.2 Å². The van der Waals surface area contributed by atoms with Crippen molar-refractivity contribution in [3.63, 3.8) is 0 Å². The molecule has 128 valence electrons. The maximum atomic E-state index is 12.3. The quantitative estimate of drug-likeness (QED) is 0.767. The number of hydrogen-bond donors (Lipinski definition) is 1. The van der Waals surface area contributed by atoms with Crippen LogP contribution in [0.25, 0.3) is 0 Å². The van der Waals surface area contributed by atoms with Gasteiger partial charge in [-0.25, -0.2) is 4.79 Å². The lowest BCUT2D eigenvalue weighted by Gasteiger charge is -2.50. The molecule has 4 nitrogen and oxygen atoms in total. The molecular weight excluding hydrogens is 349 g/mol. The fourth-order valence-corrected chi connectivity index (χ4v) is 6.03. The second kappa shape index (κ2) is 5.52. The van der Waals surface area contributed by atoms with Crippen molar-refractivity contribution in [2.75, 3.05) is 5.32 Å². The van der Waals surface area contributed by atoms with Gasteiger partial charge in [0.15, 0.2) is 0 Å². The molecule has 1 amide bonds. The van der Waals surface area contributed by atoms with Gasteiger partial charge < -0.3 is 9.47 Å². The Morgan fingerprint density at radius 1 is 1.12 bits per heavy atom. The summed E-state index contributed by atoms with van der Waals surface area (Å²) >= 11 is 11.9. The van der Waals surface area contributed by atoms with Crippen LogP contribution in [-0.4, -0.2) is 24.4 Å². The van der Waals surface area contributed by atoms with Crippen LogP contribution in [0.15, 0.2) is 18.2 Å². The fourth-order valence-electron chi connectivity index (χ4n) is 5.50. The van der Waals surface area contributed by atoms with E-state index < -0.39 is 6.09 Å². The Hall–Kier alpha value is -0.970. The van der Waals surface area contributed by atoms with Crippen LogP contribution in [0.4, 0.5) is 10.5 Å². The van der Waals surface area contributed by atoms with Gasteiger partial charge in [-0.15, -0.1) is 0 Å². The summed E-state index contributed by atoms with van der Waals surface area (Å²) in [6.45, 7) is 0. The Kier molecular flexibility index (Phi) is 3.52. The van der Waals surface area contributed by atoms with Gasteiger partial charge in [0.25, 0.3) is 0 Å². The van der Waals surface area contributed by atoms with Gasteiger partial charge in [-0.05, 0) is 67.6 Å². The number of halogens is 2. The molecule has 1 N–H and O–H groups in total. The Morgan fingerprint density at radius 3 is 2.71 bits per heavy atom. The van der Waals surface area contributed by atoms with Crippen LogP contribution in [0.2, 0.25) is 10.0 Å². The summed E-state index contributed by atoms with van der Waals surface area (Å²) in [6.07, 6.45) is 5.16. The summed E-state index contributed by atoms with van der Waals surface area (Å²) < 4.78 is 11.5. The number of carbonyl (C=O) groups excluding carboxylic acids is 1. The molecule has 7 atom stereocenters. The highest BCUT2D eigenvalue weighted by Crippen LogP contribution is 2.62. The van der Waals surface area contributed by atoms with E-state index >= 15 is 0 Å². The zero-order valence-electron chi connectivity index (χ0n) is 13.1. The molecule has 1 heterocycles. The molecule has 2 bridgehead atoms. The molecular formula is C18H19Cl2NO3. The molecule has 1 aromatic rings. The van der Waals surface area contributed by atoms with Crippen LogP contribution in [-0.2, 0) is 9.47 Å². The van der Waals surface area contributed by atoms with E-state index in [1.165, 1.54) is 12.8 Å². The molecule has 5 fully saturated rings. The van der Waals surface area contributed by atoms with Crippen molar-refractivity contribution in [1.82, 2.24) is 0 Å². The van der Waals surface area contributed by atoms with E-state index in [0.717, 1.165) is 12.8 Å². The minimum Gasteiger partial charge on any atom is -0.446 e. The summed E-state index contributed by atoms with van der Waals surface area (Å²) in [4.78, 5) is 12.3. The topological polar surface area (TPSA) is 50.9 Å². The highest BCUT2D eigenvalue weighted by Gasteiger charge is 2.64. The Bertz CT molecular complexity index is 677. The second-order valence-electron chi connectivity index (χ2n) is 7.58. The smallest absolute Gasteiger partial charge is 0.411 e. The number of fused-ring (bicyclic) bond motifs is 3. The number of rotatable bonds is 2. The molecule has 1 aliphatic heterocycles. The average Bonchev–Trinajstić information content (AvgIpc) is 3.16.